The van der Waals surface area contributed by atoms with Crippen LogP contribution in [-0.4, -0.2) is 48.7 Å². The summed E-state index contributed by atoms with van der Waals surface area (Å²) in [6.07, 6.45) is 4.15. The van der Waals surface area contributed by atoms with Gasteiger partial charge in [0, 0.05) is 31.1 Å². The van der Waals surface area contributed by atoms with Crippen LogP contribution in [0.15, 0.2) is 60.9 Å². The first-order valence-corrected chi connectivity index (χ1v) is 9.94. The number of nitrogens with zero attached hydrogens (tertiary/aromatic N) is 5. The Kier molecular flexibility index (Phi) is 4.56. The molecular formula is C22H22N6O. The number of carbonyl (C=O) groups is 1. The zero-order valence-corrected chi connectivity index (χ0v) is 16.0. The van der Waals surface area contributed by atoms with Gasteiger partial charge in [0.15, 0.2) is 5.65 Å². The van der Waals surface area contributed by atoms with E-state index in [1.807, 2.05) is 23.1 Å². The van der Waals surface area contributed by atoms with Gasteiger partial charge in [0.1, 0.15) is 12.0 Å². The van der Waals surface area contributed by atoms with Gasteiger partial charge in [-0.3, -0.25) is 9.89 Å². The van der Waals surface area contributed by atoms with Crippen LogP contribution in [0.5, 0.6) is 0 Å². The predicted octanol–water partition coefficient (Wildman–Crippen LogP) is 3.06. The van der Waals surface area contributed by atoms with Crippen molar-refractivity contribution in [3.63, 3.8) is 0 Å². The summed E-state index contributed by atoms with van der Waals surface area (Å²) < 4.78 is 1.61. The van der Waals surface area contributed by atoms with Crippen LogP contribution in [0.4, 0.5) is 0 Å². The van der Waals surface area contributed by atoms with Gasteiger partial charge in [0.2, 0.25) is 0 Å². The Hall–Kier alpha value is -3.48. The van der Waals surface area contributed by atoms with Crippen molar-refractivity contribution in [3.8, 4) is 0 Å². The molecule has 0 radical (unpaired) electrons. The lowest BCUT2D eigenvalue weighted by Crippen LogP contribution is -2.38. The van der Waals surface area contributed by atoms with Gasteiger partial charge in [-0.05, 0) is 36.6 Å². The van der Waals surface area contributed by atoms with Crippen molar-refractivity contribution in [2.24, 2.45) is 0 Å². The minimum atomic E-state index is 0.00587. The number of hydrogen-bond donors (Lipinski definition) is 1. The number of rotatable bonds is 4. The molecule has 1 fully saturated rings. The normalized spacial score (nSPS) is 15.1. The molecule has 3 aromatic heterocycles. The summed E-state index contributed by atoms with van der Waals surface area (Å²) in [5, 5.41) is 11.9. The second kappa shape index (κ2) is 7.50. The largest absolute Gasteiger partial charge is 0.337 e. The number of likely N-dealkylation sites (tertiary alicyclic amines) is 1. The molecular weight excluding hydrogens is 364 g/mol. The van der Waals surface area contributed by atoms with Crippen LogP contribution >= 0.6 is 0 Å². The second-order valence-corrected chi connectivity index (χ2v) is 7.49. The van der Waals surface area contributed by atoms with Crippen LogP contribution in [0.2, 0.25) is 0 Å². The molecule has 1 N–H and O–H groups in total. The highest BCUT2D eigenvalue weighted by Gasteiger charge is 2.27. The van der Waals surface area contributed by atoms with Gasteiger partial charge in [-0.25, -0.2) is 9.50 Å². The predicted molar refractivity (Wildman–Crippen MR) is 109 cm³/mol. The van der Waals surface area contributed by atoms with E-state index >= 15 is 0 Å². The van der Waals surface area contributed by atoms with E-state index in [1.54, 1.807) is 10.6 Å². The topological polar surface area (TPSA) is 79.2 Å². The maximum Gasteiger partial charge on any atom is 0.272 e. The standard InChI is InChI=1S/C22H22N6O/c29-22(20-7-4-8-21-23-15-24-28(20)21)27-11-9-17(10-12-27)19-14-18(25-26-19)13-16-5-2-1-3-6-16/h1-8,14-15,17H,9-13H2,(H,25,26). The number of hydrogen-bond acceptors (Lipinski definition) is 4. The monoisotopic (exact) mass is 386 g/mol. The molecule has 1 aliphatic rings. The number of piperidine rings is 1. The minimum Gasteiger partial charge on any atom is -0.337 e. The summed E-state index contributed by atoms with van der Waals surface area (Å²) in [6.45, 7) is 1.44. The van der Waals surface area contributed by atoms with Crippen LogP contribution in [0.3, 0.4) is 0 Å². The fourth-order valence-corrected chi connectivity index (χ4v) is 4.04. The zero-order chi connectivity index (χ0) is 19.6. The molecule has 5 rings (SSSR count). The molecule has 4 heterocycles. The Morgan fingerprint density at radius 1 is 1.07 bits per heavy atom. The summed E-state index contributed by atoms with van der Waals surface area (Å²) in [6, 6.07) is 18.1. The van der Waals surface area contributed by atoms with Crippen molar-refractivity contribution in [1.82, 2.24) is 29.7 Å². The summed E-state index contributed by atoms with van der Waals surface area (Å²) in [4.78, 5) is 19.0. The molecule has 7 heteroatoms. The SMILES string of the molecule is O=C(c1cccc2ncnn12)N1CCC(c2cc(Cc3ccccc3)[nH]n2)CC1. The Labute approximate surface area is 168 Å². The number of pyridine rings is 1. The Bertz CT molecular complexity index is 1120. The molecule has 4 aromatic rings. The summed E-state index contributed by atoms with van der Waals surface area (Å²) >= 11 is 0. The molecule has 1 aromatic carbocycles. The molecule has 29 heavy (non-hydrogen) atoms. The molecule has 0 bridgehead atoms. The molecule has 7 nitrogen and oxygen atoms in total. The number of nitrogens with one attached hydrogen (secondary N) is 1. The lowest BCUT2D eigenvalue weighted by atomic mass is 9.93. The van der Waals surface area contributed by atoms with Crippen molar-refractivity contribution < 1.29 is 4.79 Å². The smallest absolute Gasteiger partial charge is 0.272 e. The van der Waals surface area contributed by atoms with Gasteiger partial charge in [-0.1, -0.05) is 36.4 Å². The Morgan fingerprint density at radius 2 is 1.90 bits per heavy atom. The third-order valence-electron chi connectivity index (χ3n) is 5.61. The quantitative estimate of drug-likeness (QED) is 0.585. The highest BCUT2D eigenvalue weighted by Crippen LogP contribution is 2.28. The van der Waals surface area contributed by atoms with E-state index in [1.165, 1.54) is 11.9 Å². The lowest BCUT2D eigenvalue weighted by Gasteiger charge is -2.31. The molecule has 1 saturated heterocycles. The van der Waals surface area contributed by atoms with Gasteiger partial charge in [-0.15, -0.1) is 0 Å². The van der Waals surface area contributed by atoms with Crippen LogP contribution < -0.4 is 0 Å². The van der Waals surface area contributed by atoms with Crippen molar-refractivity contribution in [1.29, 1.82) is 0 Å². The average molecular weight is 386 g/mol. The van der Waals surface area contributed by atoms with Gasteiger partial charge < -0.3 is 4.90 Å². The third-order valence-corrected chi connectivity index (χ3v) is 5.61. The zero-order valence-electron chi connectivity index (χ0n) is 16.0. The lowest BCUT2D eigenvalue weighted by molar-refractivity contribution is 0.0703. The molecule has 0 spiro atoms. The molecule has 0 aliphatic carbocycles. The minimum absolute atomic E-state index is 0.00587. The van der Waals surface area contributed by atoms with Crippen molar-refractivity contribution >= 4 is 11.6 Å². The Balaban J connectivity index is 1.24. The molecule has 1 amide bonds. The average Bonchev–Trinajstić information content (AvgIpc) is 3.43. The fraction of sp³-hybridized carbons (Fsp3) is 0.273. The first-order valence-electron chi connectivity index (χ1n) is 9.94. The van der Waals surface area contributed by atoms with Crippen LogP contribution in [0.25, 0.3) is 5.65 Å². The summed E-state index contributed by atoms with van der Waals surface area (Å²) in [5.41, 5.74) is 4.74. The van der Waals surface area contributed by atoms with E-state index in [2.05, 4.69) is 50.6 Å². The highest BCUT2D eigenvalue weighted by atomic mass is 16.2. The molecule has 1 aliphatic heterocycles. The molecule has 146 valence electrons. The first kappa shape index (κ1) is 17.6. The van der Waals surface area contributed by atoms with Gasteiger partial charge in [-0.2, -0.15) is 10.2 Å². The molecule has 0 atom stereocenters. The van der Waals surface area contributed by atoms with E-state index < -0.39 is 0 Å². The number of aromatic nitrogens is 5. The van der Waals surface area contributed by atoms with Gasteiger partial charge in [0.25, 0.3) is 5.91 Å². The van der Waals surface area contributed by atoms with Crippen LogP contribution in [0, 0.1) is 0 Å². The van der Waals surface area contributed by atoms with Gasteiger partial charge >= 0.3 is 0 Å². The number of fused-ring (bicyclic) bond motifs is 1. The van der Waals surface area contributed by atoms with E-state index in [0.717, 1.165) is 43.7 Å². The van der Waals surface area contributed by atoms with Crippen molar-refractivity contribution in [3.05, 3.63) is 83.6 Å². The maximum atomic E-state index is 13.0. The first-order chi connectivity index (χ1) is 14.3. The van der Waals surface area contributed by atoms with E-state index in [-0.39, 0.29) is 5.91 Å². The van der Waals surface area contributed by atoms with E-state index in [4.69, 9.17) is 0 Å². The van der Waals surface area contributed by atoms with Crippen LogP contribution in [0.1, 0.15) is 46.2 Å². The van der Waals surface area contributed by atoms with Crippen molar-refractivity contribution in [2.75, 3.05) is 13.1 Å². The number of benzene rings is 1. The third kappa shape index (κ3) is 3.51. The van der Waals surface area contributed by atoms with Crippen LogP contribution in [-0.2, 0) is 6.42 Å². The number of carbonyl (C=O) groups excluding carboxylic acids is 1. The number of H-pyrrole nitrogens is 1. The second-order valence-electron chi connectivity index (χ2n) is 7.49. The number of amides is 1. The van der Waals surface area contributed by atoms with Crippen molar-refractivity contribution in [2.45, 2.75) is 25.2 Å². The van der Waals surface area contributed by atoms with Gasteiger partial charge in [0.05, 0.1) is 5.69 Å². The summed E-state index contributed by atoms with van der Waals surface area (Å²) in [7, 11) is 0. The van der Waals surface area contributed by atoms with E-state index in [9.17, 15) is 4.79 Å². The fourth-order valence-electron chi connectivity index (χ4n) is 4.04. The summed E-state index contributed by atoms with van der Waals surface area (Å²) in [5.74, 6) is 0.383. The maximum absolute atomic E-state index is 13.0. The molecule has 0 saturated carbocycles. The number of aromatic amines is 1. The van der Waals surface area contributed by atoms with E-state index in [0.29, 0.717) is 17.3 Å². The Morgan fingerprint density at radius 3 is 2.72 bits per heavy atom. The molecule has 0 unspecified atom stereocenters. The highest BCUT2D eigenvalue weighted by molar-refractivity contribution is 5.93.